The van der Waals surface area contributed by atoms with Crippen LogP contribution < -0.4 is 10.6 Å². The van der Waals surface area contributed by atoms with Crippen molar-refractivity contribution in [2.75, 3.05) is 0 Å². The Morgan fingerprint density at radius 1 is 0.800 bits per heavy atom. The molecular weight excluding hydrogens is 304 g/mol. The van der Waals surface area contributed by atoms with Gasteiger partial charge >= 0.3 is 0 Å². The lowest BCUT2D eigenvalue weighted by atomic mass is 10.0. The Morgan fingerprint density at radius 2 is 1.60 bits per heavy atom. The van der Waals surface area contributed by atoms with Crippen molar-refractivity contribution in [1.82, 2.24) is 9.38 Å². The first kappa shape index (κ1) is 14.2. The summed E-state index contributed by atoms with van der Waals surface area (Å²) in [6.45, 7) is 4.21. The second-order valence-electron chi connectivity index (χ2n) is 6.35. The van der Waals surface area contributed by atoms with E-state index in [1.54, 1.807) is 0 Å². The summed E-state index contributed by atoms with van der Waals surface area (Å²) in [7, 11) is 0. The molecule has 2 nitrogen and oxygen atoms in total. The largest absolute Gasteiger partial charge is 0.292 e. The topological polar surface area (TPSA) is 17.3 Å². The van der Waals surface area contributed by atoms with Gasteiger partial charge in [-0.1, -0.05) is 60.7 Å². The van der Waals surface area contributed by atoms with E-state index >= 15 is 0 Å². The van der Waals surface area contributed by atoms with Crippen LogP contribution in [0.25, 0.3) is 50.4 Å². The van der Waals surface area contributed by atoms with Crippen LogP contribution in [0, 0.1) is 0 Å². The number of para-hydroxylation sites is 2. The third-order valence-electron chi connectivity index (χ3n) is 5.08. The molecule has 0 saturated heterocycles. The fourth-order valence-electron chi connectivity index (χ4n) is 4.02. The smallest absolute Gasteiger partial charge is 0.146 e. The summed E-state index contributed by atoms with van der Waals surface area (Å²) in [6.07, 6.45) is 4.39. The zero-order chi connectivity index (χ0) is 17.0. The molecule has 2 heterocycles. The molecule has 0 aliphatic heterocycles. The van der Waals surface area contributed by atoms with Crippen LogP contribution in [0.3, 0.4) is 0 Å². The maximum absolute atomic E-state index is 5.01. The average molecular weight is 322 g/mol. The van der Waals surface area contributed by atoms with E-state index in [9.17, 15) is 0 Å². The van der Waals surface area contributed by atoms with Crippen molar-refractivity contribution >= 4 is 50.4 Å². The first-order chi connectivity index (χ1) is 12.3. The zero-order valence-electron chi connectivity index (χ0n) is 14.3. The Balaban J connectivity index is 2.28. The molecule has 5 aromatic rings. The molecule has 0 saturated carbocycles. The van der Waals surface area contributed by atoms with Gasteiger partial charge in [-0.2, -0.15) is 0 Å². The first-order valence-corrected chi connectivity index (χ1v) is 8.67. The van der Waals surface area contributed by atoms with Gasteiger partial charge in [-0.05, 0) is 42.1 Å². The van der Waals surface area contributed by atoms with E-state index in [2.05, 4.69) is 91.1 Å². The molecule has 2 aromatic heterocycles. The van der Waals surface area contributed by atoms with Gasteiger partial charge in [-0.25, -0.2) is 4.98 Å². The van der Waals surface area contributed by atoms with Crippen molar-refractivity contribution in [3.05, 3.63) is 71.2 Å². The zero-order valence-corrected chi connectivity index (χ0v) is 14.3. The summed E-state index contributed by atoms with van der Waals surface area (Å²) in [5, 5.41) is 7.46. The van der Waals surface area contributed by atoms with Gasteiger partial charge in [0.15, 0.2) is 0 Å². The SMILES string of the molecule is C/C=c1\c(=C/C)n2c3ccccc3nc2c2c1ccc1ccccc12. The number of imidazole rings is 1. The summed E-state index contributed by atoms with van der Waals surface area (Å²) < 4.78 is 2.30. The van der Waals surface area contributed by atoms with Crippen LogP contribution in [0.2, 0.25) is 0 Å². The molecule has 0 bridgehead atoms. The number of hydrogen-bond donors (Lipinski definition) is 0. The third-order valence-corrected chi connectivity index (χ3v) is 5.08. The fraction of sp³-hybridized carbons (Fsp3) is 0.0870. The van der Waals surface area contributed by atoms with Gasteiger partial charge in [0.05, 0.1) is 16.4 Å². The summed E-state index contributed by atoms with van der Waals surface area (Å²) in [4.78, 5) is 5.01. The average Bonchev–Trinajstić information content (AvgIpc) is 3.05. The van der Waals surface area contributed by atoms with Crippen LogP contribution in [0.5, 0.6) is 0 Å². The van der Waals surface area contributed by atoms with E-state index in [0.717, 1.165) is 16.7 Å². The highest BCUT2D eigenvalue weighted by Crippen LogP contribution is 2.28. The summed E-state index contributed by atoms with van der Waals surface area (Å²) in [5.74, 6) is 0. The van der Waals surface area contributed by atoms with Crippen molar-refractivity contribution in [2.24, 2.45) is 0 Å². The van der Waals surface area contributed by atoms with Crippen molar-refractivity contribution < 1.29 is 0 Å². The predicted molar refractivity (Wildman–Crippen MR) is 107 cm³/mol. The molecule has 0 amide bonds. The Morgan fingerprint density at radius 3 is 2.44 bits per heavy atom. The van der Waals surface area contributed by atoms with Crippen molar-refractivity contribution in [3.8, 4) is 0 Å². The minimum absolute atomic E-state index is 1.03. The highest BCUT2D eigenvalue weighted by molar-refractivity contribution is 6.15. The van der Waals surface area contributed by atoms with Crippen LogP contribution in [-0.2, 0) is 0 Å². The first-order valence-electron chi connectivity index (χ1n) is 8.67. The Labute approximate surface area is 145 Å². The van der Waals surface area contributed by atoms with Crippen molar-refractivity contribution in [3.63, 3.8) is 0 Å². The van der Waals surface area contributed by atoms with Crippen molar-refractivity contribution in [2.45, 2.75) is 13.8 Å². The molecule has 0 unspecified atom stereocenters. The molecule has 5 rings (SSSR count). The molecule has 0 aliphatic carbocycles. The lowest BCUT2D eigenvalue weighted by molar-refractivity contribution is 1.16. The molecule has 0 N–H and O–H groups in total. The molecule has 0 aliphatic rings. The highest BCUT2D eigenvalue weighted by Gasteiger charge is 2.13. The highest BCUT2D eigenvalue weighted by atomic mass is 15.0. The van der Waals surface area contributed by atoms with Gasteiger partial charge in [0.1, 0.15) is 5.65 Å². The Hall–Kier alpha value is -3.13. The Bertz CT molecular complexity index is 1410. The van der Waals surface area contributed by atoms with Crippen LogP contribution in [0.15, 0.2) is 60.7 Å². The lowest BCUT2D eigenvalue weighted by Gasteiger charge is -2.09. The van der Waals surface area contributed by atoms with Gasteiger partial charge in [-0.15, -0.1) is 0 Å². The van der Waals surface area contributed by atoms with Crippen LogP contribution >= 0.6 is 0 Å². The monoisotopic (exact) mass is 322 g/mol. The quantitative estimate of drug-likeness (QED) is 0.386. The van der Waals surface area contributed by atoms with E-state index < -0.39 is 0 Å². The molecular formula is C23H18N2. The number of aromatic nitrogens is 2. The Kier molecular flexibility index (Phi) is 2.95. The van der Waals surface area contributed by atoms with E-state index in [0.29, 0.717) is 0 Å². The van der Waals surface area contributed by atoms with E-state index in [4.69, 9.17) is 4.98 Å². The second kappa shape index (κ2) is 5.18. The number of fused-ring (bicyclic) bond motifs is 7. The molecule has 3 aromatic carbocycles. The van der Waals surface area contributed by atoms with Gasteiger partial charge < -0.3 is 0 Å². The van der Waals surface area contributed by atoms with E-state index in [1.807, 2.05) is 0 Å². The molecule has 0 spiro atoms. The molecule has 25 heavy (non-hydrogen) atoms. The maximum atomic E-state index is 5.01. The fourth-order valence-corrected chi connectivity index (χ4v) is 4.02. The van der Waals surface area contributed by atoms with Crippen LogP contribution in [0.4, 0.5) is 0 Å². The summed E-state index contributed by atoms with van der Waals surface area (Å²) >= 11 is 0. The molecule has 0 fully saturated rings. The van der Waals surface area contributed by atoms with Crippen LogP contribution in [0.1, 0.15) is 13.8 Å². The molecule has 0 atom stereocenters. The standard InChI is InChI=1S/C23H18N2/c1-3-16-18-14-13-15-9-5-6-10-17(15)22(18)23-24-19-11-7-8-12-21(19)25(23)20(16)4-2/h3-14H,1-2H3/b16-3-,20-4+. The predicted octanol–water partition coefficient (Wildman–Crippen LogP) is 4.39. The number of rotatable bonds is 0. The molecule has 0 radical (unpaired) electrons. The van der Waals surface area contributed by atoms with Gasteiger partial charge in [0.25, 0.3) is 0 Å². The van der Waals surface area contributed by atoms with E-state index in [1.165, 1.54) is 32.1 Å². The molecule has 2 heteroatoms. The maximum Gasteiger partial charge on any atom is 0.146 e. The van der Waals surface area contributed by atoms with Gasteiger partial charge in [0, 0.05) is 10.6 Å². The summed E-state index contributed by atoms with van der Waals surface area (Å²) in [5.41, 5.74) is 3.23. The minimum Gasteiger partial charge on any atom is -0.292 e. The number of benzene rings is 3. The third kappa shape index (κ3) is 1.82. The van der Waals surface area contributed by atoms with Crippen molar-refractivity contribution in [1.29, 1.82) is 0 Å². The van der Waals surface area contributed by atoms with E-state index in [-0.39, 0.29) is 0 Å². The van der Waals surface area contributed by atoms with Gasteiger partial charge in [0.2, 0.25) is 0 Å². The van der Waals surface area contributed by atoms with Crippen LogP contribution in [-0.4, -0.2) is 9.38 Å². The normalized spacial score (nSPS) is 13.7. The number of hydrogen-bond acceptors (Lipinski definition) is 1. The minimum atomic E-state index is 1.03. The lowest BCUT2D eigenvalue weighted by Crippen LogP contribution is -2.32. The second-order valence-corrected chi connectivity index (χ2v) is 6.35. The number of pyridine rings is 1. The molecule has 120 valence electrons. The number of nitrogens with zero attached hydrogens (tertiary/aromatic N) is 2. The summed E-state index contributed by atoms with van der Waals surface area (Å²) in [6, 6.07) is 21.4. The van der Waals surface area contributed by atoms with Gasteiger partial charge in [-0.3, -0.25) is 4.40 Å².